The van der Waals surface area contributed by atoms with Crippen molar-refractivity contribution in [1.29, 1.82) is 0 Å². The second-order valence-corrected chi connectivity index (χ2v) is 6.50. The predicted molar refractivity (Wildman–Crippen MR) is 101 cm³/mol. The van der Waals surface area contributed by atoms with Crippen molar-refractivity contribution < 1.29 is 18.0 Å². The normalized spacial score (nSPS) is 20.6. The summed E-state index contributed by atoms with van der Waals surface area (Å²) < 4.78 is 40.2. The molecule has 3 heterocycles. The summed E-state index contributed by atoms with van der Waals surface area (Å²) in [5.41, 5.74) is 0.337. The van der Waals surface area contributed by atoms with Crippen molar-refractivity contribution in [2.75, 3.05) is 6.67 Å². The van der Waals surface area contributed by atoms with E-state index in [0.717, 1.165) is 6.07 Å². The average molecular weight is 402 g/mol. The Bertz CT molecular complexity index is 1010. The minimum Gasteiger partial charge on any atom is -0.362 e. The number of carbonyl (C=O) groups is 1. The van der Waals surface area contributed by atoms with Crippen molar-refractivity contribution in [2.24, 2.45) is 10.1 Å². The van der Waals surface area contributed by atoms with Crippen LogP contribution in [0.15, 0.2) is 69.8 Å². The van der Waals surface area contributed by atoms with Gasteiger partial charge in [-0.2, -0.15) is 18.3 Å². The first-order valence-electron chi connectivity index (χ1n) is 8.80. The van der Waals surface area contributed by atoms with Crippen LogP contribution < -0.4 is 16.0 Å². The molecule has 0 aromatic heterocycles. The Morgan fingerprint density at radius 2 is 2.10 bits per heavy atom. The first-order valence-corrected chi connectivity index (χ1v) is 8.80. The molecule has 1 aromatic carbocycles. The van der Waals surface area contributed by atoms with Gasteiger partial charge >= 0.3 is 6.18 Å². The Kier molecular flexibility index (Phi) is 4.61. The molecule has 0 fully saturated rings. The lowest BCUT2D eigenvalue weighted by atomic mass is 10.0. The van der Waals surface area contributed by atoms with Crippen LogP contribution in [0.25, 0.3) is 0 Å². The highest BCUT2D eigenvalue weighted by atomic mass is 19.4. The van der Waals surface area contributed by atoms with Gasteiger partial charge in [0.1, 0.15) is 18.5 Å². The number of allylic oxidation sites excluding steroid dienone is 3. The third-order valence-electron chi connectivity index (χ3n) is 4.56. The molecule has 7 nitrogen and oxygen atoms in total. The number of carbonyl (C=O) groups excluding carboxylic acids is 1. The molecule has 1 amide bonds. The van der Waals surface area contributed by atoms with Gasteiger partial charge in [-0.15, -0.1) is 0 Å². The molecule has 0 bridgehead atoms. The summed E-state index contributed by atoms with van der Waals surface area (Å²) in [5.74, 6) is -0.0218. The second-order valence-electron chi connectivity index (χ2n) is 6.50. The molecule has 10 heteroatoms. The fraction of sp³-hybridized carbons (Fsp3) is 0.211. The van der Waals surface area contributed by atoms with Gasteiger partial charge in [0.25, 0.3) is 5.91 Å². The summed E-state index contributed by atoms with van der Waals surface area (Å²) in [4.78, 5) is 16.4. The number of alkyl halides is 3. The molecule has 1 aromatic rings. The maximum atomic E-state index is 13.4. The zero-order chi connectivity index (χ0) is 20.6. The molecular weight excluding hydrogens is 385 g/mol. The molecule has 3 N–H and O–H groups in total. The number of amides is 1. The lowest BCUT2D eigenvalue weighted by Crippen LogP contribution is -2.41. The Balaban J connectivity index is 1.64. The summed E-state index contributed by atoms with van der Waals surface area (Å²) in [7, 11) is 0. The summed E-state index contributed by atoms with van der Waals surface area (Å²) in [6.45, 7) is 2.05. The maximum absolute atomic E-state index is 13.4. The number of aliphatic imine (C=N–C) groups is 1. The first-order chi connectivity index (χ1) is 13.8. The van der Waals surface area contributed by atoms with Crippen LogP contribution in [0.3, 0.4) is 0 Å². The molecule has 29 heavy (non-hydrogen) atoms. The van der Waals surface area contributed by atoms with E-state index in [1.54, 1.807) is 25.2 Å². The molecular formula is C19H17F3N6O. The van der Waals surface area contributed by atoms with Gasteiger partial charge in [-0.3, -0.25) is 9.79 Å². The average Bonchev–Trinajstić information content (AvgIpc) is 3.02. The Morgan fingerprint density at radius 1 is 1.31 bits per heavy atom. The summed E-state index contributed by atoms with van der Waals surface area (Å²) in [6, 6.07) is 5.26. The Hall–Kier alpha value is -3.56. The zero-order valence-corrected chi connectivity index (χ0v) is 15.3. The highest BCUT2D eigenvalue weighted by Gasteiger charge is 2.36. The fourth-order valence-electron chi connectivity index (χ4n) is 3.18. The number of hydrazone groups is 1. The summed E-state index contributed by atoms with van der Waals surface area (Å²) in [5, 5.41) is 14.6. The van der Waals surface area contributed by atoms with Crippen LogP contribution in [0.4, 0.5) is 13.2 Å². The summed E-state index contributed by atoms with van der Waals surface area (Å²) >= 11 is 0. The van der Waals surface area contributed by atoms with E-state index in [0.29, 0.717) is 23.9 Å². The van der Waals surface area contributed by atoms with E-state index >= 15 is 0 Å². The highest BCUT2D eigenvalue weighted by molar-refractivity contribution is 6.10. The third kappa shape index (κ3) is 3.60. The molecule has 4 rings (SSSR count). The van der Waals surface area contributed by atoms with Gasteiger partial charge in [0.2, 0.25) is 0 Å². The maximum Gasteiger partial charge on any atom is 0.417 e. The van der Waals surface area contributed by atoms with Crippen molar-refractivity contribution in [3.05, 3.63) is 70.8 Å². The topological polar surface area (TPSA) is 81.1 Å². The predicted octanol–water partition coefficient (Wildman–Crippen LogP) is 2.03. The first kappa shape index (κ1) is 18.8. The van der Waals surface area contributed by atoms with E-state index in [-0.39, 0.29) is 11.3 Å². The van der Waals surface area contributed by atoms with Gasteiger partial charge in [-0.05, 0) is 31.2 Å². The third-order valence-corrected chi connectivity index (χ3v) is 4.56. The lowest BCUT2D eigenvalue weighted by Gasteiger charge is -2.27. The molecule has 3 aliphatic rings. The highest BCUT2D eigenvalue weighted by Crippen LogP contribution is 2.33. The minimum atomic E-state index is -4.50. The molecule has 0 aliphatic carbocycles. The van der Waals surface area contributed by atoms with Crippen LogP contribution in [-0.4, -0.2) is 35.7 Å². The monoisotopic (exact) mass is 402 g/mol. The lowest BCUT2D eigenvalue weighted by molar-refractivity contribution is -0.137. The number of benzene rings is 1. The van der Waals surface area contributed by atoms with Crippen molar-refractivity contribution in [3.8, 4) is 0 Å². The van der Waals surface area contributed by atoms with Crippen LogP contribution >= 0.6 is 0 Å². The van der Waals surface area contributed by atoms with Crippen LogP contribution in [0.5, 0.6) is 0 Å². The quantitative estimate of drug-likeness (QED) is 0.723. The van der Waals surface area contributed by atoms with Crippen molar-refractivity contribution in [1.82, 2.24) is 21.0 Å². The number of nitrogens with zero attached hydrogens (tertiary/aromatic N) is 3. The number of halogens is 3. The molecule has 0 radical (unpaired) electrons. The van der Waals surface area contributed by atoms with Gasteiger partial charge in [0.05, 0.1) is 17.0 Å². The number of hydrogen-bond donors (Lipinski definition) is 3. The Morgan fingerprint density at radius 3 is 2.83 bits per heavy atom. The number of hydrogen-bond acceptors (Lipinski definition) is 6. The van der Waals surface area contributed by atoms with E-state index in [1.165, 1.54) is 29.4 Å². The van der Waals surface area contributed by atoms with Crippen molar-refractivity contribution >= 4 is 17.8 Å². The zero-order valence-electron chi connectivity index (χ0n) is 15.3. The van der Waals surface area contributed by atoms with Crippen molar-refractivity contribution in [2.45, 2.75) is 19.3 Å². The standard InChI is InChI=1S/C19H17F3N6O/c1-11-17(26-18(29)15-8-9-23-10-24-15)28-16(25-11)7-6-14(27-28)12-4-2-3-5-13(12)19(20,21)22/h2-9,16,24-25H,10H2,1H3,(H,26,29). The van der Waals surface area contributed by atoms with E-state index in [9.17, 15) is 18.0 Å². The van der Waals surface area contributed by atoms with Gasteiger partial charge in [0, 0.05) is 11.8 Å². The van der Waals surface area contributed by atoms with Gasteiger partial charge in [0.15, 0.2) is 5.82 Å². The van der Waals surface area contributed by atoms with E-state index in [1.807, 2.05) is 0 Å². The smallest absolute Gasteiger partial charge is 0.362 e. The van der Waals surface area contributed by atoms with Crippen LogP contribution in [-0.2, 0) is 11.0 Å². The molecule has 0 saturated carbocycles. The molecule has 1 unspecified atom stereocenters. The minimum absolute atomic E-state index is 0.0298. The molecule has 3 aliphatic heterocycles. The largest absolute Gasteiger partial charge is 0.417 e. The van der Waals surface area contributed by atoms with Crippen molar-refractivity contribution in [3.63, 3.8) is 0 Å². The van der Waals surface area contributed by atoms with Gasteiger partial charge in [-0.25, -0.2) is 5.01 Å². The van der Waals surface area contributed by atoms with E-state index < -0.39 is 23.8 Å². The molecule has 1 atom stereocenters. The van der Waals surface area contributed by atoms with Crippen LogP contribution in [0.2, 0.25) is 0 Å². The van der Waals surface area contributed by atoms with Crippen LogP contribution in [0, 0.1) is 0 Å². The van der Waals surface area contributed by atoms with E-state index in [4.69, 9.17) is 0 Å². The van der Waals surface area contributed by atoms with E-state index in [2.05, 4.69) is 26.0 Å². The van der Waals surface area contributed by atoms with Crippen LogP contribution in [0.1, 0.15) is 18.1 Å². The van der Waals surface area contributed by atoms with Gasteiger partial charge in [-0.1, -0.05) is 18.2 Å². The SMILES string of the molecule is CC1=C(NC(=O)C2=CC=NCN2)N2N=C(c3ccccc3C(F)(F)F)C=CC2N1. The second kappa shape index (κ2) is 7.12. The molecule has 0 saturated heterocycles. The Labute approximate surface area is 164 Å². The number of fused-ring (bicyclic) bond motifs is 1. The number of nitrogens with one attached hydrogen (secondary N) is 3. The fourth-order valence-corrected chi connectivity index (χ4v) is 3.18. The summed E-state index contributed by atoms with van der Waals surface area (Å²) in [6.07, 6.45) is 1.40. The molecule has 150 valence electrons. The molecule has 0 spiro atoms. The van der Waals surface area contributed by atoms with Gasteiger partial charge < -0.3 is 16.0 Å². The number of rotatable bonds is 3.